The van der Waals surface area contributed by atoms with E-state index in [0.717, 1.165) is 11.3 Å². The zero-order chi connectivity index (χ0) is 26.0. The van der Waals surface area contributed by atoms with Gasteiger partial charge in [0.2, 0.25) is 11.8 Å². The minimum atomic E-state index is -0.544. The lowest BCUT2D eigenvalue weighted by molar-refractivity contribution is 0.0240. The maximum atomic E-state index is 13.1. The smallest absolute Gasteiger partial charge is 0.410 e. The normalized spacial score (nSPS) is 14.2. The minimum absolute atomic E-state index is 0.186. The van der Waals surface area contributed by atoms with Crippen LogP contribution in [0.15, 0.2) is 18.6 Å². The van der Waals surface area contributed by atoms with E-state index in [0.29, 0.717) is 50.2 Å². The van der Waals surface area contributed by atoms with Crippen LogP contribution in [-0.2, 0) is 4.74 Å². The Balaban J connectivity index is 1.47. The molecule has 12 heteroatoms. The molecule has 0 saturated carbocycles. The number of imidazole rings is 1. The van der Waals surface area contributed by atoms with Crippen molar-refractivity contribution in [1.29, 1.82) is 0 Å². The fourth-order valence-electron chi connectivity index (χ4n) is 3.85. The molecule has 0 unspecified atom stereocenters. The van der Waals surface area contributed by atoms with Gasteiger partial charge in [0.1, 0.15) is 17.0 Å². The number of fused-ring (bicyclic) bond motifs is 1. The zero-order valence-electron chi connectivity index (χ0n) is 21.5. The molecule has 0 radical (unpaired) electrons. The molecule has 0 bridgehead atoms. The minimum Gasteiger partial charge on any atom is -0.477 e. The summed E-state index contributed by atoms with van der Waals surface area (Å²) in [6, 6.07) is 0. The molecule has 0 spiro atoms. The molecule has 0 atom stereocenters. The number of rotatable bonds is 5. The van der Waals surface area contributed by atoms with Gasteiger partial charge in [-0.2, -0.15) is 4.98 Å². The largest absolute Gasteiger partial charge is 0.477 e. The Bertz CT molecular complexity index is 1280. The number of ether oxygens (including phenoxy) is 2. The molecule has 12 nitrogen and oxygen atoms in total. The summed E-state index contributed by atoms with van der Waals surface area (Å²) in [5.41, 5.74) is 1.95. The summed E-state index contributed by atoms with van der Waals surface area (Å²) in [6.45, 7) is 13.4. The Hall–Kier alpha value is -3.96. The average molecular weight is 497 g/mol. The average Bonchev–Trinajstić information content (AvgIpc) is 3.19. The van der Waals surface area contributed by atoms with E-state index in [1.165, 1.54) is 6.20 Å². The molecule has 1 fully saturated rings. The number of piperazine rings is 1. The van der Waals surface area contributed by atoms with Crippen LogP contribution in [0.5, 0.6) is 5.88 Å². The predicted molar refractivity (Wildman–Crippen MR) is 134 cm³/mol. The highest BCUT2D eigenvalue weighted by molar-refractivity contribution is 6.05. The second-order valence-corrected chi connectivity index (χ2v) is 9.56. The summed E-state index contributed by atoms with van der Waals surface area (Å²) >= 11 is 0. The summed E-state index contributed by atoms with van der Waals surface area (Å²) in [5, 5.41) is 2.80. The predicted octanol–water partition coefficient (Wildman–Crippen LogP) is 2.84. The van der Waals surface area contributed by atoms with Gasteiger partial charge in [-0.05, 0) is 41.5 Å². The van der Waals surface area contributed by atoms with Crippen molar-refractivity contribution in [3.05, 3.63) is 35.5 Å². The van der Waals surface area contributed by atoms with E-state index in [2.05, 4.69) is 25.3 Å². The van der Waals surface area contributed by atoms with Gasteiger partial charge in [-0.3, -0.25) is 4.79 Å². The topological polar surface area (TPSA) is 127 Å². The van der Waals surface area contributed by atoms with Crippen LogP contribution in [0.4, 0.5) is 16.6 Å². The van der Waals surface area contributed by atoms with Gasteiger partial charge < -0.3 is 29.0 Å². The number of hydrogen-bond donors (Lipinski definition) is 1. The van der Waals surface area contributed by atoms with Crippen molar-refractivity contribution in [2.75, 3.05) is 43.0 Å². The van der Waals surface area contributed by atoms with E-state index in [9.17, 15) is 9.59 Å². The molecule has 36 heavy (non-hydrogen) atoms. The number of nitrogens with one attached hydrogen (secondary N) is 1. The summed E-state index contributed by atoms with van der Waals surface area (Å²) in [7, 11) is 0. The van der Waals surface area contributed by atoms with Gasteiger partial charge in [0.25, 0.3) is 5.91 Å². The second-order valence-electron chi connectivity index (χ2n) is 9.56. The van der Waals surface area contributed by atoms with Gasteiger partial charge in [0, 0.05) is 38.6 Å². The van der Waals surface area contributed by atoms with Crippen LogP contribution in [0.25, 0.3) is 5.65 Å². The molecule has 2 amide bonds. The lowest BCUT2D eigenvalue weighted by Gasteiger charge is -2.35. The third-order valence-electron chi connectivity index (χ3n) is 5.45. The Kier molecular flexibility index (Phi) is 6.95. The lowest BCUT2D eigenvalue weighted by Crippen LogP contribution is -2.50. The van der Waals surface area contributed by atoms with Crippen molar-refractivity contribution in [2.45, 2.75) is 47.1 Å². The maximum Gasteiger partial charge on any atom is 0.410 e. The van der Waals surface area contributed by atoms with Crippen molar-refractivity contribution in [2.24, 2.45) is 0 Å². The van der Waals surface area contributed by atoms with Crippen LogP contribution in [0.3, 0.4) is 0 Å². The summed E-state index contributed by atoms with van der Waals surface area (Å²) in [6.07, 6.45) is 4.69. The van der Waals surface area contributed by atoms with Crippen LogP contribution in [-0.4, -0.2) is 79.6 Å². The van der Waals surface area contributed by atoms with Gasteiger partial charge in [-0.25, -0.2) is 19.7 Å². The molecule has 3 aromatic heterocycles. The molecular formula is C24H32N8O4. The molecule has 192 valence electrons. The molecule has 0 aromatic carbocycles. The van der Waals surface area contributed by atoms with Crippen molar-refractivity contribution < 1.29 is 19.1 Å². The number of carbonyl (C=O) groups excluding carboxylic acids is 2. The number of hydrogen-bond acceptors (Lipinski definition) is 9. The third kappa shape index (κ3) is 5.64. The number of amides is 2. The first-order valence-corrected chi connectivity index (χ1v) is 11.9. The Morgan fingerprint density at radius 1 is 1.06 bits per heavy atom. The highest BCUT2D eigenvalue weighted by Crippen LogP contribution is 2.22. The summed E-state index contributed by atoms with van der Waals surface area (Å²) in [4.78, 5) is 46.8. The van der Waals surface area contributed by atoms with E-state index in [-0.39, 0.29) is 17.5 Å². The van der Waals surface area contributed by atoms with Gasteiger partial charge in [0.15, 0.2) is 5.65 Å². The van der Waals surface area contributed by atoms with E-state index in [1.807, 2.05) is 57.0 Å². The highest BCUT2D eigenvalue weighted by Gasteiger charge is 2.27. The Morgan fingerprint density at radius 3 is 2.44 bits per heavy atom. The van der Waals surface area contributed by atoms with E-state index >= 15 is 0 Å². The molecule has 1 aliphatic heterocycles. The van der Waals surface area contributed by atoms with E-state index in [1.54, 1.807) is 11.1 Å². The number of carbonyl (C=O) groups is 2. The van der Waals surface area contributed by atoms with Gasteiger partial charge in [-0.1, -0.05) is 0 Å². The number of nitrogens with zero attached hydrogens (tertiary/aromatic N) is 7. The second kappa shape index (κ2) is 9.96. The fourth-order valence-corrected chi connectivity index (χ4v) is 3.85. The first-order valence-electron chi connectivity index (χ1n) is 11.9. The first kappa shape index (κ1) is 25.1. The lowest BCUT2D eigenvalue weighted by atomic mass is 10.2. The molecule has 0 aliphatic carbocycles. The number of aryl methyl sites for hydroxylation is 2. The zero-order valence-corrected chi connectivity index (χ0v) is 21.5. The molecule has 1 saturated heterocycles. The molecule has 4 heterocycles. The number of anilines is 2. The summed E-state index contributed by atoms with van der Waals surface area (Å²) < 4.78 is 13.0. The van der Waals surface area contributed by atoms with Gasteiger partial charge in [-0.15, -0.1) is 0 Å². The van der Waals surface area contributed by atoms with Crippen molar-refractivity contribution in [1.82, 2.24) is 29.2 Å². The molecule has 3 aromatic rings. The quantitative estimate of drug-likeness (QED) is 0.567. The highest BCUT2D eigenvalue weighted by atomic mass is 16.6. The van der Waals surface area contributed by atoms with Crippen LogP contribution < -0.4 is 15.0 Å². The standard InChI is InChI=1S/C24H32N8O4/c1-7-35-21-17(20(33)28-18-14-32-13-15(2)26-19(32)16(3)27-18)12-25-22(29-21)30-8-10-31(11-9-30)23(34)36-24(4,5)6/h12-14H,7-11H2,1-6H3,(H,28,33). The molecule has 1 aliphatic rings. The molecule has 1 N–H and O–H groups in total. The SMILES string of the molecule is CCOc1nc(N2CCN(C(=O)OC(C)(C)C)CC2)ncc1C(=O)Nc1cn2cc(C)nc2c(C)n1. The van der Waals surface area contributed by atoms with Crippen molar-refractivity contribution >= 4 is 29.4 Å². The first-order chi connectivity index (χ1) is 17.0. The maximum absolute atomic E-state index is 13.1. The Labute approximate surface area is 209 Å². The van der Waals surface area contributed by atoms with Crippen molar-refractivity contribution in [3.8, 4) is 5.88 Å². The Morgan fingerprint density at radius 2 is 1.78 bits per heavy atom. The van der Waals surface area contributed by atoms with Gasteiger partial charge >= 0.3 is 6.09 Å². The van der Waals surface area contributed by atoms with E-state index < -0.39 is 11.5 Å². The monoisotopic (exact) mass is 496 g/mol. The molecular weight excluding hydrogens is 464 g/mol. The van der Waals surface area contributed by atoms with E-state index in [4.69, 9.17) is 9.47 Å². The summed E-state index contributed by atoms with van der Waals surface area (Å²) in [5.74, 6) is 0.573. The van der Waals surface area contributed by atoms with Crippen molar-refractivity contribution in [3.63, 3.8) is 0 Å². The number of aromatic nitrogens is 5. The van der Waals surface area contributed by atoms with Crippen LogP contribution in [0, 0.1) is 13.8 Å². The fraction of sp³-hybridized carbons (Fsp3) is 0.500. The van der Waals surface area contributed by atoms with Crippen LogP contribution >= 0.6 is 0 Å². The van der Waals surface area contributed by atoms with Crippen LogP contribution in [0.1, 0.15) is 49.4 Å². The van der Waals surface area contributed by atoms with Crippen LogP contribution in [0.2, 0.25) is 0 Å². The molecule has 4 rings (SSSR count). The van der Waals surface area contributed by atoms with Gasteiger partial charge in [0.05, 0.1) is 24.2 Å². The third-order valence-corrected chi connectivity index (χ3v) is 5.45.